The van der Waals surface area contributed by atoms with Crippen LogP contribution in [0.4, 0.5) is 5.69 Å². The van der Waals surface area contributed by atoms with E-state index in [-0.39, 0.29) is 0 Å². The Hall–Kier alpha value is -1.71. The summed E-state index contributed by atoms with van der Waals surface area (Å²) in [5.74, 6) is 1.73. The number of furan rings is 1. The van der Waals surface area contributed by atoms with Crippen molar-refractivity contribution in [3.05, 3.63) is 75.4 Å². The molecule has 0 saturated heterocycles. The molecule has 3 rings (SSSR count). The van der Waals surface area contributed by atoms with Gasteiger partial charge < -0.3 is 9.73 Å². The first kappa shape index (κ1) is 15.2. The third-order valence-electron chi connectivity index (χ3n) is 3.51. The third-order valence-corrected chi connectivity index (χ3v) is 4.44. The van der Waals surface area contributed by atoms with E-state index < -0.39 is 0 Å². The van der Waals surface area contributed by atoms with Gasteiger partial charge in [-0.2, -0.15) is 0 Å². The lowest BCUT2D eigenvalue weighted by Crippen LogP contribution is -1.97. The summed E-state index contributed by atoms with van der Waals surface area (Å²) >= 11 is 9.59. The maximum atomic E-state index is 6.17. The molecule has 22 heavy (non-hydrogen) atoms. The highest BCUT2D eigenvalue weighted by Crippen LogP contribution is 2.29. The average Bonchev–Trinajstić information content (AvgIpc) is 2.98. The van der Waals surface area contributed by atoms with Crippen LogP contribution in [0.3, 0.4) is 0 Å². The molecule has 0 aliphatic rings. The van der Waals surface area contributed by atoms with Crippen molar-refractivity contribution in [3.63, 3.8) is 0 Å². The highest BCUT2D eigenvalue weighted by Gasteiger charge is 2.09. The lowest BCUT2D eigenvalue weighted by Gasteiger charge is -2.06. The number of halogens is 2. The van der Waals surface area contributed by atoms with E-state index >= 15 is 0 Å². The molecule has 4 heteroatoms. The molecule has 0 unspecified atom stereocenters. The Labute approximate surface area is 143 Å². The molecule has 0 aliphatic heterocycles. The van der Waals surface area contributed by atoms with Crippen molar-refractivity contribution in [1.82, 2.24) is 0 Å². The van der Waals surface area contributed by atoms with Crippen molar-refractivity contribution < 1.29 is 4.42 Å². The van der Waals surface area contributed by atoms with Gasteiger partial charge in [-0.15, -0.1) is 0 Å². The summed E-state index contributed by atoms with van der Waals surface area (Å²) < 4.78 is 6.99. The normalized spacial score (nSPS) is 10.7. The number of rotatable bonds is 4. The standard InChI is InChI=1S/C18H15BrClNO/c1-12-16(3-2-4-17(12)20)18-10-9-15(22-18)11-21-14-7-5-13(19)6-8-14/h2-10,21H,11H2,1H3. The van der Waals surface area contributed by atoms with Crippen LogP contribution in [0.25, 0.3) is 11.3 Å². The van der Waals surface area contributed by atoms with Crippen LogP contribution in [0.5, 0.6) is 0 Å². The van der Waals surface area contributed by atoms with Gasteiger partial charge in [0.2, 0.25) is 0 Å². The van der Waals surface area contributed by atoms with Crippen LogP contribution in [0.2, 0.25) is 5.02 Å². The Morgan fingerprint density at radius 3 is 2.59 bits per heavy atom. The number of hydrogen-bond acceptors (Lipinski definition) is 2. The Morgan fingerprint density at radius 1 is 1.05 bits per heavy atom. The van der Waals surface area contributed by atoms with E-state index in [0.717, 1.165) is 37.8 Å². The van der Waals surface area contributed by atoms with Crippen LogP contribution < -0.4 is 5.32 Å². The summed E-state index contributed by atoms with van der Waals surface area (Å²) in [6.45, 7) is 2.64. The summed E-state index contributed by atoms with van der Waals surface area (Å²) in [5, 5.41) is 4.09. The van der Waals surface area contributed by atoms with E-state index in [1.165, 1.54) is 0 Å². The van der Waals surface area contributed by atoms with Crippen LogP contribution in [0, 0.1) is 6.92 Å². The monoisotopic (exact) mass is 375 g/mol. The van der Waals surface area contributed by atoms with E-state index in [4.69, 9.17) is 16.0 Å². The predicted octanol–water partition coefficient (Wildman–Crippen LogP) is 6.28. The second-order valence-electron chi connectivity index (χ2n) is 5.04. The molecule has 0 saturated carbocycles. The highest BCUT2D eigenvalue weighted by atomic mass is 79.9. The molecule has 2 nitrogen and oxygen atoms in total. The molecule has 0 aliphatic carbocycles. The van der Waals surface area contributed by atoms with Crippen molar-refractivity contribution in [3.8, 4) is 11.3 Å². The molecule has 0 bridgehead atoms. The Bertz CT molecular complexity index is 780. The summed E-state index contributed by atoms with van der Waals surface area (Å²) in [6, 6.07) is 17.9. The van der Waals surface area contributed by atoms with Gasteiger partial charge in [0, 0.05) is 20.7 Å². The molecule has 2 aromatic carbocycles. The first-order valence-corrected chi connectivity index (χ1v) is 8.14. The maximum absolute atomic E-state index is 6.17. The Balaban J connectivity index is 1.74. The van der Waals surface area contributed by atoms with E-state index in [0.29, 0.717) is 6.54 Å². The van der Waals surface area contributed by atoms with Gasteiger partial charge in [-0.3, -0.25) is 0 Å². The molecule has 0 radical (unpaired) electrons. The Morgan fingerprint density at radius 2 is 1.82 bits per heavy atom. The molecular formula is C18H15BrClNO. The van der Waals surface area contributed by atoms with Crippen molar-refractivity contribution in [2.75, 3.05) is 5.32 Å². The SMILES string of the molecule is Cc1c(Cl)cccc1-c1ccc(CNc2ccc(Br)cc2)o1. The summed E-state index contributed by atoms with van der Waals surface area (Å²) in [6.07, 6.45) is 0. The highest BCUT2D eigenvalue weighted by molar-refractivity contribution is 9.10. The van der Waals surface area contributed by atoms with Crippen molar-refractivity contribution in [2.24, 2.45) is 0 Å². The topological polar surface area (TPSA) is 25.2 Å². The van der Waals surface area contributed by atoms with Gasteiger partial charge in [0.05, 0.1) is 6.54 Å². The molecule has 0 fully saturated rings. The van der Waals surface area contributed by atoms with Crippen molar-refractivity contribution in [1.29, 1.82) is 0 Å². The van der Waals surface area contributed by atoms with E-state index in [2.05, 4.69) is 21.2 Å². The lowest BCUT2D eigenvalue weighted by atomic mass is 10.1. The van der Waals surface area contributed by atoms with E-state index in [1.54, 1.807) is 0 Å². The van der Waals surface area contributed by atoms with Gasteiger partial charge in [0.25, 0.3) is 0 Å². The first-order valence-electron chi connectivity index (χ1n) is 6.97. The van der Waals surface area contributed by atoms with Gasteiger partial charge in [0.1, 0.15) is 11.5 Å². The zero-order valence-corrected chi connectivity index (χ0v) is 14.4. The second-order valence-corrected chi connectivity index (χ2v) is 6.36. The summed E-state index contributed by atoms with van der Waals surface area (Å²) in [5.41, 5.74) is 3.12. The molecule has 0 spiro atoms. The number of anilines is 1. The zero-order valence-electron chi connectivity index (χ0n) is 12.1. The molecular weight excluding hydrogens is 362 g/mol. The van der Waals surface area contributed by atoms with Crippen molar-refractivity contribution in [2.45, 2.75) is 13.5 Å². The fourth-order valence-corrected chi connectivity index (χ4v) is 2.69. The first-order chi connectivity index (χ1) is 10.6. The average molecular weight is 377 g/mol. The molecule has 112 valence electrons. The fourth-order valence-electron chi connectivity index (χ4n) is 2.25. The number of nitrogens with one attached hydrogen (secondary N) is 1. The van der Waals surface area contributed by atoms with Crippen LogP contribution in [0.15, 0.2) is 63.5 Å². The predicted molar refractivity (Wildman–Crippen MR) is 95.4 cm³/mol. The van der Waals surface area contributed by atoms with Crippen LogP contribution in [0.1, 0.15) is 11.3 Å². The smallest absolute Gasteiger partial charge is 0.134 e. The molecule has 0 amide bonds. The summed E-state index contributed by atoms with van der Waals surface area (Å²) in [4.78, 5) is 0. The van der Waals surface area contributed by atoms with Gasteiger partial charge >= 0.3 is 0 Å². The summed E-state index contributed by atoms with van der Waals surface area (Å²) in [7, 11) is 0. The molecule has 1 heterocycles. The molecule has 0 atom stereocenters. The quantitative estimate of drug-likeness (QED) is 0.579. The maximum Gasteiger partial charge on any atom is 0.134 e. The second kappa shape index (κ2) is 6.59. The van der Waals surface area contributed by atoms with E-state index in [1.807, 2.05) is 61.5 Å². The van der Waals surface area contributed by atoms with Gasteiger partial charge in [-0.1, -0.05) is 39.7 Å². The van der Waals surface area contributed by atoms with Crippen LogP contribution in [-0.4, -0.2) is 0 Å². The molecule has 3 aromatic rings. The van der Waals surface area contributed by atoms with Gasteiger partial charge in [-0.05, 0) is 55.0 Å². The van der Waals surface area contributed by atoms with Gasteiger partial charge in [-0.25, -0.2) is 0 Å². The fraction of sp³-hybridized carbons (Fsp3) is 0.111. The minimum absolute atomic E-state index is 0.640. The lowest BCUT2D eigenvalue weighted by molar-refractivity contribution is 0.531. The minimum atomic E-state index is 0.640. The third kappa shape index (κ3) is 3.37. The van der Waals surface area contributed by atoms with Crippen molar-refractivity contribution >= 4 is 33.2 Å². The van der Waals surface area contributed by atoms with E-state index in [9.17, 15) is 0 Å². The van der Waals surface area contributed by atoms with Crippen LogP contribution >= 0.6 is 27.5 Å². The van der Waals surface area contributed by atoms with Crippen LogP contribution in [-0.2, 0) is 6.54 Å². The minimum Gasteiger partial charge on any atom is -0.459 e. The molecule has 1 N–H and O–H groups in total. The van der Waals surface area contributed by atoms with Gasteiger partial charge in [0.15, 0.2) is 0 Å². The number of benzene rings is 2. The number of hydrogen-bond donors (Lipinski definition) is 1. The largest absolute Gasteiger partial charge is 0.459 e. The zero-order chi connectivity index (χ0) is 15.5. The Kier molecular flexibility index (Phi) is 4.55. The molecule has 1 aromatic heterocycles.